The highest BCUT2D eigenvalue weighted by atomic mass is 32.2. The van der Waals surface area contributed by atoms with E-state index < -0.39 is 23.3 Å². The molecule has 0 bridgehead atoms. The van der Waals surface area contributed by atoms with Gasteiger partial charge in [0.1, 0.15) is 0 Å². The van der Waals surface area contributed by atoms with Gasteiger partial charge in [-0.15, -0.1) is 4.83 Å². The quantitative estimate of drug-likeness (QED) is 0.123. The lowest BCUT2D eigenvalue weighted by atomic mass is 9.73. The van der Waals surface area contributed by atoms with Crippen LogP contribution >= 0.6 is 0 Å². The van der Waals surface area contributed by atoms with Gasteiger partial charge < -0.3 is 8.92 Å². The van der Waals surface area contributed by atoms with E-state index >= 15 is 0 Å². The molecule has 0 aliphatic heterocycles. The maximum Gasteiger partial charge on any atom is 0.451 e. The van der Waals surface area contributed by atoms with E-state index in [1.54, 1.807) is 18.2 Å². The van der Waals surface area contributed by atoms with Crippen molar-refractivity contribution in [2.75, 3.05) is 12.0 Å². The van der Waals surface area contributed by atoms with Crippen molar-refractivity contribution in [1.82, 2.24) is 14.8 Å². The van der Waals surface area contributed by atoms with E-state index in [9.17, 15) is 17.4 Å². The molecule has 0 radical (unpaired) electrons. The van der Waals surface area contributed by atoms with Gasteiger partial charge in [0.25, 0.3) is 0 Å². The Bertz CT molecular complexity index is 1360. The molecule has 0 aliphatic rings. The standard InChI is InChI=1S/C32H45F3N4O3S/c1-7-8-9-10-11-14-19-41-26-18-17-23(21-31(5,6)22-30(2,3)4)20-27(26)42-43(40)39-38-28-24-15-12-13-16-25(24)36-29(37-28)32(33,34)35/h12-13,15-18,20,39H,7-11,14,19,21-22H2,1-6H3,(H,36,37,38). The fourth-order valence-corrected chi connectivity index (χ4v) is 5.97. The number of fused-ring (bicyclic) bond motifs is 1. The zero-order valence-electron chi connectivity index (χ0n) is 26.1. The lowest BCUT2D eigenvalue weighted by Crippen LogP contribution is -2.29. The summed E-state index contributed by atoms with van der Waals surface area (Å²) in [6.07, 6.45) is 3.71. The van der Waals surface area contributed by atoms with Gasteiger partial charge in [-0.05, 0) is 59.9 Å². The molecule has 2 aromatic carbocycles. The highest BCUT2D eigenvalue weighted by Gasteiger charge is 2.35. The number of benzene rings is 2. The summed E-state index contributed by atoms with van der Waals surface area (Å²) in [6, 6.07) is 11.9. The number of halogens is 3. The van der Waals surface area contributed by atoms with Crippen molar-refractivity contribution in [2.24, 2.45) is 10.8 Å². The van der Waals surface area contributed by atoms with Gasteiger partial charge in [0, 0.05) is 5.39 Å². The summed E-state index contributed by atoms with van der Waals surface area (Å²) in [5, 5.41) is 0.325. The number of hydrazine groups is 1. The predicted octanol–water partition coefficient (Wildman–Crippen LogP) is 8.97. The second-order valence-electron chi connectivity index (χ2n) is 12.9. The average molecular weight is 623 g/mol. The first-order chi connectivity index (χ1) is 20.2. The Morgan fingerprint density at radius 3 is 2.28 bits per heavy atom. The minimum absolute atomic E-state index is 0.000396. The second-order valence-corrected chi connectivity index (χ2v) is 13.8. The Kier molecular flexibility index (Phi) is 12.2. The molecular weight excluding hydrogens is 577 g/mol. The molecule has 7 nitrogen and oxygen atoms in total. The number of para-hydroxylation sites is 1. The topological polar surface area (TPSA) is 85.4 Å². The first kappa shape index (κ1) is 34.6. The summed E-state index contributed by atoms with van der Waals surface area (Å²) in [6.45, 7) is 13.7. The largest absolute Gasteiger partial charge is 0.490 e. The molecule has 238 valence electrons. The number of aromatic nitrogens is 2. The van der Waals surface area contributed by atoms with Gasteiger partial charge in [0.05, 0.1) is 12.1 Å². The molecule has 1 aromatic heterocycles. The number of hydrogen-bond donors (Lipinski definition) is 2. The summed E-state index contributed by atoms with van der Waals surface area (Å²) in [5.74, 6) is -0.746. The van der Waals surface area contributed by atoms with Crippen LogP contribution < -0.4 is 19.2 Å². The van der Waals surface area contributed by atoms with Crippen LogP contribution in [0.3, 0.4) is 0 Å². The molecule has 0 spiro atoms. The van der Waals surface area contributed by atoms with Crippen molar-refractivity contribution in [1.29, 1.82) is 0 Å². The number of ether oxygens (including phenoxy) is 1. The average Bonchev–Trinajstić information content (AvgIpc) is 2.90. The number of rotatable bonds is 16. The minimum Gasteiger partial charge on any atom is -0.490 e. The lowest BCUT2D eigenvalue weighted by Gasteiger charge is -2.32. The number of unbranched alkanes of at least 4 members (excludes halogenated alkanes) is 5. The summed E-state index contributed by atoms with van der Waals surface area (Å²) in [7, 11) is 0. The maximum absolute atomic E-state index is 13.4. The van der Waals surface area contributed by atoms with Gasteiger partial charge >= 0.3 is 17.4 Å². The Labute approximate surface area is 256 Å². The van der Waals surface area contributed by atoms with Crippen molar-refractivity contribution in [2.45, 2.75) is 99.1 Å². The molecule has 0 saturated carbocycles. The van der Waals surface area contributed by atoms with E-state index in [-0.39, 0.29) is 27.9 Å². The van der Waals surface area contributed by atoms with Crippen molar-refractivity contribution < 1.29 is 26.3 Å². The summed E-state index contributed by atoms with van der Waals surface area (Å²) in [5.41, 5.74) is 3.77. The summed E-state index contributed by atoms with van der Waals surface area (Å²) >= 11 is -2.20. The molecule has 1 unspecified atom stereocenters. The Balaban J connectivity index is 1.76. The molecule has 2 N–H and O–H groups in total. The fraction of sp³-hybridized carbons (Fsp3) is 0.562. The van der Waals surface area contributed by atoms with E-state index in [0.717, 1.165) is 37.7 Å². The second kappa shape index (κ2) is 15.2. The minimum atomic E-state index is -4.75. The van der Waals surface area contributed by atoms with Crippen LogP contribution in [-0.4, -0.2) is 20.8 Å². The molecule has 0 fully saturated rings. The van der Waals surface area contributed by atoms with Gasteiger partial charge in [-0.3, -0.25) is 5.43 Å². The first-order valence-corrected chi connectivity index (χ1v) is 16.0. The smallest absolute Gasteiger partial charge is 0.451 e. The molecule has 43 heavy (non-hydrogen) atoms. The van der Waals surface area contributed by atoms with E-state index in [0.29, 0.717) is 17.7 Å². The van der Waals surface area contributed by atoms with Crippen molar-refractivity contribution in [3.05, 3.63) is 53.9 Å². The zero-order valence-corrected chi connectivity index (χ0v) is 26.9. The molecule has 0 amide bonds. The summed E-state index contributed by atoms with van der Waals surface area (Å²) in [4.78, 5) is 9.63. The van der Waals surface area contributed by atoms with E-state index in [1.165, 1.54) is 25.3 Å². The maximum atomic E-state index is 13.4. The van der Waals surface area contributed by atoms with Crippen LogP contribution in [0.2, 0.25) is 0 Å². The highest BCUT2D eigenvalue weighted by molar-refractivity contribution is 7.78. The van der Waals surface area contributed by atoms with Crippen LogP contribution in [-0.2, 0) is 23.9 Å². The van der Waals surface area contributed by atoms with Crippen LogP contribution in [0.25, 0.3) is 10.9 Å². The molecule has 3 rings (SSSR count). The van der Waals surface area contributed by atoms with Gasteiger partial charge in [-0.1, -0.05) is 91.8 Å². The van der Waals surface area contributed by atoms with Crippen LogP contribution in [0.15, 0.2) is 42.5 Å². The number of nitrogens with one attached hydrogen (secondary N) is 2. The SMILES string of the molecule is CCCCCCCCOc1ccc(CC(C)(C)CC(C)(C)C)cc1OS(=O)NNc1nc(C(F)(F)F)nc2ccccc12. The zero-order chi connectivity index (χ0) is 31.7. The van der Waals surface area contributed by atoms with Crippen molar-refractivity contribution in [3.63, 3.8) is 0 Å². The fourth-order valence-electron chi connectivity index (χ4n) is 5.45. The van der Waals surface area contributed by atoms with Crippen LogP contribution in [0, 0.1) is 10.8 Å². The Morgan fingerprint density at radius 2 is 1.58 bits per heavy atom. The van der Waals surface area contributed by atoms with Gasteiger partial charge in [-0.2, -0.15) is 17.4 Å². The number of alkyl halides is 3. The van der Waals surface area contributed by atoms with Crippen molar-refractivity contribution >= 4 is 28.0 Å². The van der Waals surface area contributed by atoms with E-state index in [4.69, 9.17) is 8.92 Å². The van der Waals surface area contributed by atoms with Crippen LogP contribution in [0.4, 0.5) is 19.0 Å². The third-order valence-electron chi connectivity index (χ3n) is 6.73. The molecule has 1 atom stereocenters. The van der Waals surface area contributed by atoms with E-state index in [1.807, 2.05) is 18.2 Å². The van der Waals surface area contributed by atoms with Gasteiger partial charge in [0.2, 0.25) is 5.82 Å². The highest BCUT2D eigenvalue weighted by Crippen LogP contribution is 2.38. The molecule has 11 heteroatoms. The van der Waals surface area contributed by atoms with Gasteiger partial charge in [0.15, 0.2) is 17.3 Å². The number of anilines is 1. The monoisotopic (exact) mass is 622 g/mol. The van der Waals surface area contributed by atoms with E-state index in [2.05, 4.69) is 61.8 Å². The van der Waals surface area contributed by atoms with Crippen LogP contribution in [0.1, 0.15) is 97.9 Å². The third kappa shape index (κ3) is 11.6. The lowest BCUT2D eigenvalue weighted by molar-refractivity contribution is -0.144. The molecule has 3 aromatic rings. The van der Waals surface area contributed by atoms with Crippen LogP contribution in [0.5, 0.6) is 11.5 Å². The Morgan fingerprint density at radius 1 is 0.884 bits per heavy atom. The first-order valence-electron chi connectivity index (χ1n) is 14.9. The van der Waals surface area contributed by atoms with Crippen molar-refractivity contribution in [3.8, 4) is 11.5 Å². The molecular formula is C32H45F3N4O3S. The molecule has 1 heterocycles. The predicted molar refractivity (Wildman–Crippen MR) is 167 cm³/mol. The Hall–Kier alpha value is -2.92. The molecule has 0 aliphatic carbocycles. The number of hydrogen-bond acceptors (Lipinski definition) is 6. The summed E-state index contributed by atoms with van der Waals surface area (Å²) < 4.78 is 65.0. The third-order valence-corrected chi connectivity index (χ3v) is 7.33. The normalized spacial score (nSPS) is 13.2. The number of nitrogens with zero attached hydrogens (tertiary/aromatic N) is 2. The molecule has 0 saturated heterocycles. The van der Waals surface area contributed by atoms with Gasteiger partial charge in [-0.25, -0.2) is 9.97 Å².